The lowest BCUT2D eigenvalue weighted by atomic mass is 9.95. The van der Waals surface area contributed by atoms with E-state index in [4.69, 9.17) is 4.74 Å². The molecule has 28 heavy (non-hydrogen) atoms. The molecule has 2 heterocycles. The van der Waals surface area contributed by atoms with Crippen molar-refractivity contribution in [1.82, 2.24) is 20.8 Å². The Labute approximate surface area is 164 Å². The summed E-state index contributed by atoms with van der Waals surface area (Å²) in [7, 11) is 0. The van der Waals surface area contributed by atoms with E-state index >= 15 is 0 Å². The Balaban J connectivity index is 1.58. The minimum atomic E-state index is -0.151. The molecule has 144 valence electrons. The van der Waals surface area contributed by atoms with Gasteiger partial charge in [-0.25, -0.2) is 4.79 Å². The fraction of sp³-hybridized carbons (Fsp3) is 0.273. The lowest BCUT2D eigenvalue weighted by Gasteiger charge is -2.27. The highest BCUT2D eigenvalue weighted by Crippen LogP contribution is 2.35. The Morgan fingerprint density at radius 3 is 2.57 bits per heavy atom. The summed E-state index contributed by atoms with van der Waals surface area (Å²) in [6.07, 6.45) is 2.50. The zero-order valence-electron chi connectivity index (χ0n) is 16.0. The largest absolute Gasteiger partial charge is 0.493 e. The normalized spacial score (nSPS) is 15.6. The van der Waals surface area contributed by atoms with Crippen LogP contribution in [0.15, 0.2) is 54.7 Å². The van der Waals surface area contributed by atoms with Gasteiger partial charge in [-0.05, 0) is 48.7 Å². The number of rotatable bonds is 4. The van der Waals surface area contributed by atoms with E-state index in [1.165, 1.54) is 0 Å². The van der Waals surface area contributed by atoms with Crippen molar-refractivity contribution < 1.29 is 9.53 Å². The smallest absolute Gasteiger partial charge is 0.315 e. The maximum Gasteiger partial charge on any atom is 0.315 e. The molecule has 0 saturated carbocycles. The molecule has 0 bridgehead atoms. The Morgan fingerprint density at radius 2 is 1.86 bits per heavy atom. The minimum absolute atomic E-state index is 0.0632. The van der Waals surface area contributed by atoms with Gasteiger partial charge in [-0.3, -0.25) is 5.10 Å². The number of aromatic nitrogens is 2. The molecule has 6 nitrogen and oxygen atoms in total. The van der Waals surface area contributed by atoms with Crippen molar-refractivity contribution in [1.29, 1.82) is 0 Å². The maximum absolute atomic E-state index is 12.2. The summed E-state index contributed by atoms with van der Waals surface area (Å²) in [6.45, 7) is 4.49. The number of nitrogens with zero attached hydrogens (tertiary/aromatic N) is 1. The van der Waals surface area contributed by atoms with Gasteiger partial charge in [0.1, 0.15) is 5.75 Å². The SMILES string of the molecule is CC(C)NC(=O)NC1CCOc2ccc(-c3ccc(-c4ccn[nH]4)cc3)cc21. The highest BCUT2D eigenvalue weighted by Gasteiger charge is 2.23. The number of carbonyl (C=O) groups is 1. The summed E-state index contributed by atoms with van der Waals surface area (Å²) in [4.78, 5) is 12.2. The van der Waals surface area contributed by atoms with Gasteiger partial charge in [-0.15, -0.1) is 0 Å². The molecule has 4 rings (SSSR count). The zero-order chi connectivity index (χ0) is 19.5. The first kappa shape index (κ1) is 18.1. The number of nitrogens with one attached hydrogen (secondary N) is 3. The predicted octanol–water partition coefficient (Wildman–Crippen LogP) is 4.27. The van der Waals surface area contributed by atoms with Crippen LogP contribution in [0.5, 0.6) is 5.75 Å². The monoisotopic (exact) mass is 376 g/mol. The van der Waals surface area contributed by atoms with Crippen LogP contribution >= 0.6 is 0 Å². The van der Waals surface area contributed by atoms with Crippen LogP contribution in [0.1, 0.15) is 31.9 Å². The predicted molar refractivity (Wildman–Crippen MR) is 109 cm³/mol. The molecular formula is C22H24N4O2. The van der Waals surface area contributed by atoms with Crippen LogP contribution < -0.4 is 15.4 Å². The summed E-state index contributed by atoms with van der Waals surface area (Å²) < 4.78 is 5.79. The van der Waals surface area contributed by atoms with Crippen molar-refractivity contribution >= 4 is 6.03 Å². The summed E-state index contributed by atoms with van der Waals surface area (Å²) in [6, 6.07) is 16.3. The van der Waals surface area contributed by atoms with Crippen LogP contribution in [-0.4, -0.2) is 28.9 Å². The number of H-pyrrole nitrogens is 1. The average Bonchev–Trinajstić information content (AvgIpc) is 3.22. The molecule has 0 spiro atoms. The van der Waals surface area contributed by atoms with Crippen molar-refractivity contribution in [2.45, 2.75) is 32.4 Å². The van der Waals surface area contributed by atoms with Crippen molar-refractivity contribution in [3.8, 4) is 28.1 Å². The van der Waals surface area contributed by atoms with Crippen molar-refractivity contribution in [3.63, 3.8) is 0 Å². The molecule has 3 aromatic rings. The second-order valence-electron chi connectivity index (χ2n) is 7.26. The number of urea groups is 1. The third-order valence-electron chi connectivity index (χ3n) is 4.80. The lowest BCUT2D eigenvalue weighted by Crippen LogP contribution is -2.42. The highest BCUT2D eigenvalue weighted by atomic mass is 16.5. The number of benzene rings is 2. The molecule has 3 N–H and O–H groups in total. The molecule has 2 amide bonds. The summed E-state index contributed by atoms with van der Waals surface area (Å²) in [5.41, 5.74) is 5.30. The first-order chi connectivity index (χ1) is 13.6. The third kappa shape index (κ3) is 3.86. The van der Waals surface area contributed by atoms with E-state index in [0.717, 1.165) is 40.1 Å². The van der Waals surface area contributed by atoms with Crippen LogP contribution in [0.2, 0.25) is 0 Å². The Kier molecular flexibility index (Phi) is 5.02. The van der Waals surface area contributed by atoms with E-state index in [1.54, 1.807) is 6.20 Å². The molecule has 1 aromatic heterocycles. The summed E-state index contributed by atoms with van der Waals surface area (Å²) >= 11 is 0. The van der Waals surface area contributed by atoms with Crippen LogP contribution in [0.4, 0.5) is 4.79 Å². The number of ether oxygens (including phenoxy) is 1. The second kappa shape index (κ2) is 7.76. The maximum atomic E-state index is 12.2. The quantitative estimate of drug-likeness (QED) is 0.636. The Morgan fingerprint density at radius 1 is 1.11 bits per heavy atom. The topological polar surface area (TPSA) is 79.0 Å². The van der Waals surface area contributed by atoms with Gasteiger partial charge in [0.25, 0.3) is 0 Å². The molecule has 1 unspecified atom stereocenters. The van der Waals surface area contributed by atoms with Crippen molar-refractivity contribution in [2.24, 2.45) is 0 Å². The second-order valence-corrected chi connectivity index (χ2v) is 7.26. The third-order valence-corrected chi connectivity index (χ3v) is 4.80. The molecular weight excluding hydrogens is 352 g/mol. The van der Waals surface area contributed by atoms with E-state index in [2.05, 4.69) is 57.2 Å². The van der Waals surface area contributed by atoms with E-state index in [0.29, 0.717) is 6.61 Å². The highest BCUT2D eigenvalue weighted by molar-refractivity contribution is 5.75. The lowest BCUT2D eigenvalue weighted by molar-refractivity contribution is 0.221. The molecule has 0 radical (unpaired) electrons. The van der Waals surface area contributed by atoms with Gasteiger partial charge in [0.2, 0.25) is 0 Å². The molecule has 2 aromatic carbocycles. The van der Waals surface area contributed by atoms with E-state index in [-0.39, 0.29) is 18.1 Å². The molecule has 0 saturated heterocycles. The van der Waals surface area contributed by atoms with Crippen molar-refractivity contribution in [2.75, 3.05) is 6.61 Å². The van der Waals surface area contributed by atoms with Gasteiger partial charge in [-0.2, -0.15) is 5.10 Å². The number of hydrogen-bond donors (Lipinski definition) is 3. The Bertz CT molecular complexity index is 949. The minimum Gasteiger partial charge on any atom is -0.493 e. The zero-order valence-corrected chi connectivity index (χ0v) is 16.0. The molecule has 0 aliphatic carbocycles. The number of fused-ring (bicyclic) bond motifs is 1. The van der Waals surface area contributed by atoms with Crippen LogP contribution in [0.25, 0.3) is 22.4 Å². The number of carbonyl (C=O) groups excluding carboxylic acids is 1. The van der Waals surface area contributed by atoms with Crippen LogP contribution in [-0.2, 0) is 0 Å². The first-order valence-corrected chi connectivity index (χ1v) is 9.54. The molecule has 1 aliphatic rings. The number of hydrogen-bond acceptors (Lipinski definition) is 3. The van der Waals surface area contributed by atoms with E-state index < -0.39 is 0 Å². The van der Waals surface area contributed by atoms with Gasteiger partial charge < -0.3 is 15.4 Å². The Hall–Kier alpha value is -3.28. The van der Waals surface area contributed by atoms with Gasteiger partial charge >= 0.3 is 6.03 Å². The number of aromatic amines is 1. The van der Waals surface area contributed by atoms with E-state index in [1.807, 2.05) is 26.0 Å². The molecule has 1 aliphatic heterocycles. The van der Waals surface area contributed by atoms with Crippen molar-refractivity contribution in [3.05, 3.63) is 60.3 Å². The fourth-order valence-corrected chi connectivity index (χ4v) is 3.44. The average molecular weight is 376 g/mol. The summed E-state index contributed by atoms with van der Waals surface area (Å²) in [5, 5.41) is 12.9. The van der Waals surface area contributed by atoms with Crippen LogP contribution in [0, 0.1) is 0 Å². The first-order valence-electron chi connectivity index (χ1n) is 9.54. The van der Waals surface area contributed by atoms with Crippen LogP contribution in [0.3, 0.4) is 0 Å². The van der Waals surface area contributed by atoms with E-state index in [9.17, 15) is 4.79 Å². The molecule has 0 fully saturated rings. The molecule has 6 heteroatoms. The standard InChI is InChI=1S/C22H24N4O2/c1-14(2)24-22(27)25-20-10-12-28-21-8-7-17(13-18(20)21)15-3-5-16(6-4-15)19-9-11-23-26-19/h3-9,11,13-14,20H,10,12H2,1-2H3,(H,23,26)(H2,24,25,27). The van der Waals surface area contributed by atoms with Gasteiger partial charge in [0, 0.05) is 24.2 Å². The molecule has 1 atom stereocenters. The van der Waals surface area contributed by atoms with Gasteiger partial charge in [0.15, 0.2) is 0 Å². The number of amides is 2. The summed E-state index contributed by atoms with van der Waals surface area (Å²) in [5.74, 6) is 0.832. The van der Waals surface area contributed by atoms with Gasteiger partial charge in [0.05, 0.1) is 18.3 Å². The van der Waals surface area contributed by atoms with Gasteiger partial charge in [-0.1, -0.05) is 30.3 Å². The fourth-order valence-electron chi connectivity index (χ4n) is 3.44.